The van der Waals surface area contributed by atoms with Crippen molar-refractivity contribution in [2.45, 2.75) is 6.10 Å². The van der Waals surface area contributed by atoms with Gasteiger partial charge in [0.2, 0.25) is 0 Å². The molecule has 1 atom stereocenters. The van der Waals surface area contributed by atoms with E-state index in [0.29, 0.717) is 12.7 Å². The zero-order chi connectivity index (χ0) is 5.11. The molecule has 0 aromatic heterocycles. The Morgan fingerprint density at radius 3 is 3.14 bits per heavy atom. The Labute approximate surface area is 44.7 Å². The van der Waals surface area contributed by atoms with E-state index >= 15 is 0 Å². The molecule has 1 saturated heterocycles. The lowest BCUT2D eigenvalue weighted by molar-refractivity contribution is 0.129. The Balaban J connectivity index is 1.88. The first-order valence-electron chi connectivity index (χ1n) is 2.13. The lowest BCUT2D eigenvalue weighted by atomic mass is 10.5. The molecular weight excluding hydrogens is 110 g/mol. The van der Waals surface area contributed by atoms with E-state index in [1.807, 2.05) is 0 Å². The Morgan fingerprint density at radius 2 is 2.71 bits per heavy atom. The van der Waals surface area contributed by atoms with Gasteiger partial charge in [-0.3, -0.25) is 0 Å². The fraction of sp³-hybridized carbons (Fsp3) is 1.00. The molecule has 0 aromatic carbocycles. The molecule has 0 radical (unpaired) electrons. The van der Waals surface area contributed by atoms with Crippen LogP contribution in [0.25, 0.3) is 0 Å². The normalized spacial score (nSPS) is 26.6. The Morgan fingerprint density at radius 1 is 2.00 bits per heavy atom. The zero-order valence-electron chi connectivity index (χ0n) is 3.96. The van der Waals surface area contributed by atoms with Gasteiger partial charge in [0.15, 0.2) is 0 Å². The number of epoxide rings is 1. The van der Waals surface area contributed by atoms with Crippen LogP contribution in [0.4, 0.5) is 0 Å². The molecule has 1 fully saturated rings. The van der Waals surface area contributed by atoms with Crippen molar-refractivity contribution < 1.29 is 9.57 Å². The molecule has 0 aliphatic carbocycles. The van der Waals surface area contributed by atoms with E-state index in [4.69, 9.17) is 4.74 Å². The van der Waals surface area contributed by atoms with Crippen LogP contribution in [-0.2, 0) is 9.57 Å². The van der Waals surface area contributed by atoms with Crippen molar-refractivity contribution in [3.05, 3.63) is 0 Å². The van der Waals surface area contributed by atoms with Crippen molar-refractivity contribution in [1.82, 2.24) is 0 Å². The third-order valence-electron chi connectivity index (χ3n) is 0.754. The quantitative estimate of drug-likeness (QED) is 0.274. The highest BCUT2D eigenvalue weighted by Crippen LogP contribution is 2.07. The van der Waals surface area contributed by atoms with Gasteiger partial charge in [-0.05, 0) is 0 Å². The molecule has 1 unspecified atom stereocenters. The van der Waals surface area contributed by atoms with Crippen LogP contribution in [-0.4, -0.2) is 29.4 Å². The first kappa shape index (κ1) is 4.92. The molecule has 4 heteroatoms. The Hall–Kier alpha value is -0.223. The maximum atomic E-state index is 4.83. The Kier molecular flexibility index (Phi) is 1.53. The van der Waals surface area contributed by atoms with E-state index < -0.39 is 0 Å². The minimum Gasteiger partial charge on any atom is -0.404 e. The minimum absolute atomic E-state index is 0.341. The summed E-state index contributed by atoms with van der Waals surface area (Å²) in [5.74, 6) is 0. The summed E-state index contributed by atoms with van der Waals surface area (Å²) in [5, 5.41) is 0. The molecule has 1 rings (SSSR count). The fourth-order valence-electron chi connectivity index (χ4n) is 0.300. The van der Waals surface area contributed by atoms with Gasteiger partial charge in [-0.2, -0.15) is 4.80 Å². The lowest BCUT2D eigenvalue weighted by Crippen LogP contribution is -1.94. The molecule has 0 saturated carbocycles. The second kappa shape index (κ2) is 2.18. The highest BCUT2D eigenvalue weighted by molar-refractivity contribution is 5.91. The molecule has 7 heavy (non-hydrogen) atoms. The maximum Gasteiger partial charge on any atom is 0.148 e. The molecule has 0 bridgehead atoms. The minimum atomic E-state index is 0.341. The van der Waals surface area contributed by atoms with Gasteiger partial charge in [0.05, 0.1) is 6.61 Å². The van der Waals surface area contributed by atoms with Crippen molar-refractivity contribution >= 4 is 10.0 Å². The largest absolute Gasteiger partial charge is 0.404 e. The average Bonchev–Trinajstić information content (AvgIpc) is 2.42. The van der Waals surface area contributed by atoms with Crippen LogP contribution in [0.2, 0.25) is 0 Å². The van der Waals surface area contributed by atoms with E-state index in [9.17, 15) is 0 Å². The van der Waals surface area contributed by atoms with Crippen LogP contribution in [0.3, 0.4) is 0 Å². The zero-order valence-corrected chi connectivity index (χ0v) is 5.38. The fourth-order valence-corrected chi connectivity index (χ4v) is 0.406. The van der Waals surface area contributed by atoms with Crippen LogP contribution in [0.15, 0.2) is 4.80 Å². The SMILES string of the molecule is [SiH2]=NOCC1CO1. The number of rotatable bonds is 3. The summed E-state index contributed by atoms with van der Waals surface area (Å²) in [5.41, 5.74) is 0. The van der Waals surface area contributed by atoms with Crippen LogP contribution in [0, 0.1) is 0 Å². The molecule has 40 valence electrons. The second-order valence-corrected chi connectivity index (χ2v) is 1.64. The summed E-state index contributed by atoms with van der Waals surface area (Å²) in [6, 6.07) is 0. The number of hydrogen-bond acceptors (Lipinski definition) is 3. The van der Waals surface area contributed by atoms with Crippen molar-refractivity contribution in [2.75, 3.05) is 13.2 Å². The van der Waals surface area contributed by atoms with E-state index in [-0.39, 0.29) is 0 Å². The average molecular weight is 117 g/mol. The highest BCUT2D eigenvalue weighted by atomic mass is 28.1. The van der Waals surface area contributed by atoms with Gasteiger partial charge in [-0.15, -0.1) is 0 Å². The van der Waals surface area contributed by atoms with Crippen LogP contribution < -0.4 is 0 Å². The second-order valence-electron chi connectivity index (χ2n) is 1.38. The number of nitrogens with zero attached hydrogens (tertiary/aromatic N) is 1. The third kappa shape index (κ3) is 1.79. The predicted molar refractivity (Wildman–Crippen MR) is 26.7 cm³/mol. The number of ether oxygens (including phenoxy) is 1. The molecule has 0 aromatic rings. The molecular formula is C3H7NO2Si. The first-order chi connectivity index (χ1) is 3.43. The van der Waals surface area contributed by atoms with E-state index in [2.05, 4.69) is 9.64 Å². The molecule has 1 aliphatic heterocycles. The molecule has 1 aliphatic rings. The summed E-state index contributed by atoms with van der Waals surface area (Å²) in [7, 11) is 1.44. The van der Waals surface area contributed by atoms with Gasteiger partial charge in [0, 0.05) is 0 Å². The highest BCUT2D eigenvalue weighted by Gasteiger charge is 2.22. The van der Waals surface area contributed by atoms with E-state index in [1.54, 1.807) is 0 Å². The van der Waals surface area contributed by atoms with Gasteiger partial charge in [0.1, 0.15) is 22.7 Å². The molecule has 0 spiro atoms. The van der Waals surface area contributed by atoms with Crippen molar-refractivity contribution in [1.29, 1.82) is 0 Å². The van der Waals surface area contributed by atoms with Gasteiger partial charge in [-0.1, -0.05) is 0 Å². The van der Waals surface area contributed by atoms with Crippen molar-refractivity contribution in [3.63, 3.8) is 0 Å². The van der Waals surface area contributed by atoms with Crippen LogP contribution in [0.5, 0.6) is 0 Å². The summed E-state index contributed by atoms with van der Waals surface area (Å²) in [6.07, 6.45) is 0.341. The predicted octanol–water partition coefficient (Wildman–Crippen LogP) is -0.867. The third-order valence-corrected chi connectivity index (χ3v) is 0.937. The molecule has 1 heterocycles. The van der Waals surface area contributed by atoms with E-state index in [0.717, 1.165) is 6.61 Å². The summed E-state index contributed by atoms with van der Waals surface area (Å²) in [4.78, 5) is 8.13. The summed E-state index contributed by atoms with van der Waals surface area (Å²) < 4.78 is 4.83. The van der Waals surface area contributed by atoms with Crippen LogP contribution >= 0.6 is 0 Å². The van der Waals surface area contributed by atoms with Gasteiger partial charge >= 0.3 is 0 Å². The molecule has 0 N–H and O–H groups in total. The van der Waals surface area contributed by atoms with Gasteiger partial charge in [0.25, 0.3) is 0 Å². The monoisotopic (exact) mass is 117 g/mol. The first-order valence-corrected chi connectivity index (χ1v) is 2.76. The van der Waals surface area contributed by atoms with E-state index in [1.165, 1.54) is 10.0 Å². The topological polar surface area (TPSA) is 34.1 Å². The summed E-state index contributed by atoms with van der Waals surface area (Å²) in [6.45, 7) is 1.47. The van der Waals surface area contributed by atoms with Crippen molar-refractivity contribution in [3.8, 4) is 0 Å². The van der Waals surface area contributed by atoms with Gasteiger partial charge in [-0.25, -0.2) is 0 Å². The lowest BCUT2D eigenvalue weighted by Gasteiger charge is -1.89. The number of hydrogen-bond donors (Lipinski definition) is 0. The van der Waals surface area contributed by atoms with Crippen molar-refractivity contribution in [2.24, 2.45) is 4.80 Å². The molecule has 0 amide bonds. The summed E-state index contributed by atoms with van der Waals surface area (Å²) >= 11 is 0. The van der Waals surface area contributed by atoms with Gasteiger partial charge < -0.3 is 9.57 Å². The maximum absolute atomic E-state index is 4.83. The standard InChI is InChI=1S/C3H7NO2Si/c7-4-6-2-3-1-5-3/h3H,1-2,7H2. The van der Waals surface area contributed by atoms with Crippen LogP contribution in [0.1, 0.15) is 0 Å². The Bertz CT molecular complexity index is 73.3. The smallest absolute Gasteiger partial charge is 0.148 e. The molecule has 3 nitrogen and oxygen atoms in total.